The maximum absolute atomic E-state index is 12.6. The summed E-state index contributed by atoms with van der Waals surface area (Å²) < 4.78 is 3.08. The third kappa shape index (κ3) is 3.81. The van der Waals surface area contributed by atoms with Crippen LogP contribution in [0.25, 0.3) is 5.69 Å². The Labute approximate surface area is 153 Å². The lowest BCUT2D eigenvalue weighted by Gasteiger charge is -2.34. The van der Waals surface area contributed by atoms with Crippen molar-refractivity contribution in [1.29, 1.82) is 0 Å². The first-order chi connectivity index (χ1) is 12.3. The van der Waals surface area contributed by atoms with Crippen LogP contribution in [0, 0.1) is 0 Å². The van der Waals surface area contributed by atoms with Gasteiger partial charge in [0.1, 0.15) is 5.82 Å². The number of carbonyl (C=O) groups excluding carboxylic acids is 1. The van der Waals surface area contributed by atoms with E-state index in [2.05, 4.69) is 10.4 Å². The number of likely N-dealkylation sites (tertiary alicyclic amines) is 1. The fourth-order valence-electron chi connectivity index (χ4n) is 3.31. The molecular formula is C19H27N5O2. The first kappa shape index (κ1) is 18.2. The van der Waals surface area contributed by atoms with E-state index in [1.54, 1.807) is 11.6 Å². The zero-order chi connectivity index (χ0) is 18.9. The number of amides is 2. The maximum Gasteiger partial charge on any atom is 0.350 e. The molecule has 3 rings (SSSR count). The van der Waals surface area contributed by atoms with E-state index in [-0.39, 0.29) is 23.2 Å². The minimum atomic E-state index is -0.247. The molecule has 2 aromatic rings. The SMILES string of the molecule is Cn1nc(C2CCN(C(=O)NC(C)(C)C)CC2)n(-c2ccccc2)c1=O. The molecule has 7 nitrogen and oxygen atoms in total. The van der Waals surface area contributed by atoms with Crippen LogP contribution in [0.15, 0.2) is 35.1 Å². The molecule has 0 spiro atoms. The summed E-state index contributed by atoms with van der Waals surface area (Å²) in [5, 5.41) is 7.49. The van der Waals surface area contributed by atoms with Crippen LogP contribution < -0.4 is 11.0 Å². The van der Waals surface area contributed by atoms with Crippen LogP contribution in [0.2, 0.25) is 0 Å². The number of para-hydroxylation sites is 1. The highest BCUT2D eigenvalue weighted by Gasteiger charge is 2.29. The number of piperidine rings is 1. The van der Waals surface area contributed by atoms with E-state index in [1.807, 2.05) is 56.0 Å². The molecule has 1 aromatic heterocycles. The van der Waals surface area contributed by atoms with Crippen LogP contribution >= 0.6 is 0 Å². The van der Waals surface area contributed by atoms with Gasteiger partial charge < -0.3 is 10.2 Å². The molecular weight excluding hydrogens is 330 g/mol. The summed E-state index contributed by atoms with van der Waals surface area (Å²) in [6.45, 7) is 7.25. The molecule has 0 aliphatic carbocycles. The van der Waals surface area contributed by atoms with Crippen molar-refractivity contribution < 1.29 is 4.79 Å². The van der Waals surface area contributed by atoms with Crippen LogP contribution in [0.1, 0.15) is 45.4 Å². The minimum Gasteiger partial charge on any atom is -0.333 e. The van der Waals surface area contributed by atoms with Crippen LogP contribution in [-0.2, 0) is 7.05 Å². The number of aromatic nitrogens is 3. The molecule has 2 amide bonds. The summed E-state index contributed by atoms with van der Waals surface area (Å²) in [5.41, 5.74) is 0.440. The Morgan fingerprint density at radius 2 is 1.77 bits per heavy atom. The van der Waals surface area contributed by atoms with Gasteiger partial charge in [0.15, 0.2) is 0 Å². The normalized spacial score (nSPS) is 15.9. The number of nitrogens with zero attached hydrogens (tertiary/aromatic N) is 4. The predicted molar refractivity (Wildman–Crippen MR) is 101 cm³/mol. The second-order valence-electron chi connectivity index (χ2n) is 7.88. The number of hydrogen-bond donors (Lipinski definition) is 1. The van der Waals surface area contributed by atoms with E-state index in [9.17, 15) is 9.59 Å². The second kappa shape index (κ2) is 6.97. The lowest BCUT2D eigenvalue weighted by molar-refractivity contribution is 0.172. The van der Waals surface area contributed by atoms with Crippen molar-refractivity contribution in [2.45, 2.75) is 45.1 Å². The van der Waals surface area contributed by atoms with Crippen molar-refractivity contribution >= 4 is 6.03 Å². The molecule has 1 saturated heterocycles. The standard InChI is InChI=1S/C19H27N5O2/c1-19(2,3)20-17(25)23-12-10-14(11-13-23)16-21-22(4)18(26)24(16)15-8-6-5-7-9-15/h5-9,14H,10-13H2,1-4H3,(H,20,25). The molecule has 1 aromatic carbocycles. The Kier molecular flexibility index (Phi) is 4.89. The minimum absolute atomic E-state index is 0.0302. The van der Waals surface area contributed by atoms with Gasteiger partial charge in [-0.3, -0.25) is 0 Å². The molecule has 0 radical (unpaired) electrons. The number of urea groups is 1. The summed E-state index contributed by atoms with van der Waals surface area (Å²) in [5.74, 6) is 0.933. The summed E-state index contributed by atoms with van der Waals surface area (Å²) in [4.78, 5) is 26.7. The van der Waals surface area contributed by atoms with Gasteiger partial charge in [-0.2, -0.15) is 5.10 Å². The number of benzene rings is 1. The van der Waals surface area contributed by atoms with Crippen molar-refractivity contribution in [2.75, 3.05) is 13.1 Å². The third-order valence-corrected chi connectivity index (χ3v) is 4.59. The maximum atomic E-state index is 12.6. The first-order valence-electron chi connectivity index (χ1n) is 9.05. The van der Waals surface area contributed by atoms with Crippen molar-refractivity contribution in [2.24, 2.45) is 7.05 Å². The van der Waals surface area contributed by atoms with Gasteiger partial charge in [-0.15, -0.1) is 0 Å². The van der Waals surface area contributed by atoms with Gasteiger partial charge in [0.05, 0.1) is 5.69 Å². The zero-order valence-corrected chi connectivity index (χ0v) is 15.9. The van der Waals surface area contributed by atoms with Crippen molar-refractivity contribution in [3.8, 4) is 5.69 Å². The Hall–Kier alpha value is -2.57. The van der Waals surface area contributed by atoms with Crippen LogP contribution in [-0.4, -0.2) is 43.9 Å². The Morgan fingerprint density at radius 3 is 2.35 bits per heavy atom. The molecule has 26 heavy (non-hydrogen) atoms. The lowest BCUT2D eigenvalue weighted by Crippen LogP contribution is -2.50. The van der Waals surface area contributed by atoms with E-state index < -0.39 is 0 Å². The zero-order valence-electron chi connectivity index (χ0n) is 15.9. The van der Waals surface area contributed by atoms with Crippen molar-refractivity contribution in [3.63, 3.8) is 0 Å². The Bertz CT molecular complexity index is 824. The van der Waals surface area contributed by atoms with Gasteiger partial charge >= 0.3 is 11.7 Å². The molecule has 1 aliphatic rings. The third-order valence-electron chi connectivity index (χ3n) is 4.59. The number of aryl methyl sites for hydroxylation is 1. The lowest BCUT2D eigenvalue weighted by atomic mass is 9.96. The number of nitrogens with one attached hydrogen (secondary N) is 1. The highest BCUT2D eigenvalue weighted by molar-refractivity contribution is 5.75. The number of rotatable bonds is 2. The van der Waals surface area contributed by atoms with Crippen LogP contribution in [0.4, 0.5) is 4.79 Å². The molecule has 0 bridgehead atoms. The van der Waals surface area contributed by atoms with E-state index in [0.717, 1.165) is 24.4 Å². The number of hydrogen-bond acceptors (Lipinski definition) is 3. The van der Waals surface area contributed by atoms with Gasteiger partial charge in [-0.1, -0.05) is 18.2 Å². The van der Waals surface area contributed by atoms with Gasteiger partial charge in [-0.05, 0) is 45.7 Å². The average Bonchev–Trinajstić information content (AvgIpc) is 2.89. The van der Waals surface area contributed by atoms with E-state index >= 15 is 0 Å². The number of carbonyl (C=O) groups is 1. The summed E-state index contributed by atoms with van der Waals surface area (Å²) >= 11 is 0. The fourth-order valence-corrected chi connectivity index (χ4v) is 3.31. The first-order valence-corrected chi connectivity index (χ1v) is 9.05. The molecule has 1 fully saturated rings. The van der Waals surface area contributed by atoms with Crippen LogP contribution in [0.3, 0.4) is 0 Å². The monoisotopic (exact) mass is 357 g/mol. The highest BCUT2D eigenvalue weighted by Crippen LogP contribution is 2.27. The Balaban J connectivity index is 1.78. The van der Waals surface area contributed by atoms with Gasteiger partial charge in [-0.25, -0.2) is 18.8 Å². The quantitative estimate of drug-likeness (QED) is 0.896. The molecule has 1 N–H and O–H groups in total. The predicted octanol–water partition coefficient (Wildman–Crippen LogP) is 2.26. The van der Waals surface area contributed by atoms with Crippen molar-refractivity contribution in [3.05, 3.63) is 46.6 Å². The largest absolute Gasteiger partial charge is 0.350 e. The molecule has 0 saturated carbocycles. The highest BCUT2D eigenvalue weighted by atomic mass is 16.2. The van der Waals surface area contributed by atoms with Crippen molar-refractivity contribution in [1.82, 2.24) is 24.6 Å². The van der Waals surface area contributed by atoms with Gasteiger partial charge in [0.25, 0.3) is 0 Å². The summed E-state index contributed by atoms with van der Waals surface area (Å²) in [7, 11) is 1.68. The summed E-state index contributed by atoms with van der Waals surface area (Å²) in [6, 6.07) is 9.56. The van der Waals surface area contributed by atoms with E-state index in [1.165, 1.54) is 4.68 Å². The molecule has 7 heteroatoms. The molecule has 0 unspecified atom stereocenters. The fraction of sp³-hybridized carbons (Fsp3) is 0.526. The van der Waals surface area contributed by atoms with E-state index in [0.29, 0.717) is 13.1 Å². The van der Waals surface area contributed by atoms with Crippen LogP contribution in [0.5, 0.6) is 0 Å². The van der Waals surface area contributed by atoms with Gasteiger partial charge in [0.2, 0.25) is 0 Å². The average molecular weight is 357 g/mol. The molecule has 0 atom stereocenters. The smallest absolute Gasteiger partial charge is 0.333 e. The molecule has 1 aliphatic heterocycles. The molecule has 140 valence electrons. The Morgan fingerprint density at radius 1 is 1.15 bits per heavy atom. The van der Waals surface area contributed by atoms with E-state index in [4.69, 9.17) is 0 Å². The van der Waals surface area contributed by atoms with Gasteiger partial charge in [0, 0.05) is 31.6 Å². The summed E-state index contributed by atoms with van der Waals surface area (Å²) in [6.07, 6.45) is 1.59. The molecule has 2 heterocycles. The second-order valence-corrected chi connectivity index (χ2v) is 7.88. The topological polar surface area (TPSA) is 72.2 Å².